The molecule has 38 heavy (non-hydrogen) atoms. The van der Waals surface area contributed by atoms with Crippen LogP contribution in [0.2, 0.25) is 0 Å². The number of amides is 2. The van der Waals surface area contributed by atoms with Crippen molar-refractivity contribution in [2.24, 2.45) is 0 Å². The lowest BCUT2D eigenvalue weighted by molar-refractivity contribution is -0.158. The van der Waals surface area contributed by atoms with Crippen LogP contribution in [0.5, 0.6) is 5.75 Å². The van der Waals surface area contributed by atoms with Crippen molar-refractivity contribution >= 4 is 11.8 Å². The van der Waals surface area contributed by atoms with E-state index < -0.39 is 29.6 Å². The van der Waals surface area contributed by atoms with Gasteiger partial charge in [0, 0.05) is 30.3 Å². The molecule has 0 radical (unpaired) electrons. The minimum absolute atomic E-state index is 0.0847. The molecule has 3 N–H and O–H groups in total. The molecule has 0 aromatic heterocycles. The minimum atomic E-state index is -1.91. The molecule has 8 heteroatoms. The van der Waals surface area contributed by atoms with Crippen LogP contribution in [0.1, 0.15) is 37.5 Å². The van der Waals surface area contributed by atoms with Gasteiger partial charge in [0.05, 0.1) is 6.61 Å². The zero-order chi connectivity index (χ0) is 27.4. The molecule has 3 aromatic carbocycles. The number of rotatable bonds is 8. The predicted octanol–water partition coefficient (Wildman–Crippen LogP) is 3.59. The van der Waals surface area contributed by atoms with E-state index in [1.807, 2.05) is 57.2 Å². The Bertz CT molecular complexity index is 1310. The van der Waals surface area contributed by atoms with Crippen LogP contribution in [-0.4, -0.2) is 51.3 Å². The Kier molecular flexibility index (Phi) is 8.14. The number of nitrogens with one attached hydrogen (secondary N) is 1. The molecule has 3 aromatic rings. The first-order valence-electron chi connectivity index (χ1n) is 12.6. The summed E-state index contributed by atoms with van der Waals surface area (Å²) in [5.74, 6) is -1.48. The van der Waals surface area contributed by atoms with Gasteiger partial charge in [-0.25, -0.2) is 4.39 Å². The summed E-state index contributed by atoms with van der Waals surface area (Å²) < 4.78 is 19.2. The summed E-state index contributed by atoms with van der Waals surface area (Å²) in [7, 11) is 0. The van der Waals surface area contributed by atoms with E-state index >= 15 is 0 Å². The number of halogens is 1. The predicted molar refractivity (Wildman–Crippen MR) is 142 cm³/mol. The largest absolute Gasteiger partial charge is 0.493 e. The van der Waals surface area contributed by atoms with Crippen molar-refractivity contribution in [3.05, 3.63) is 89.2 Å². The molecule has 4 rings (SSSR count). The number of aliphatic hydroxyl groups excluding tert-OH is 2. The van der Waals surface area contributed by atoms with Gasteiger partial charge in [-0.3, -0.25) is 9.59 Å². The van der Waals surface area contributed by atoms with Gasteiger partial charge < -0.3 is 25.2 Å². The van der Waals surface area contributed by atoms with E-state index in [1.54, 1.807) is 18.2 Å². The highest BCUT2D eigenvalue weighted by Crippen LogP contribution is 2.32. The quantitative estimate of drug-likeness (QED) is 0.422. The zero-order valence-corrected chi connectivity index (χ0v) is 21.8. The third-order valence-corrected chi connectivity index (χ3v) is 6.86. The summed E-state index contributed by atoms with van der Waals surface area (Å²) in [4.78, 5) is 27.2. The molecule has 0 bridgehead atoms. The van der Waals surface area contributed by atoms with Gasteiger partial charge >= 0.3 is 0 Å². The fraction of sp³-hybridized carbons (Fsp3) is 0.333. The lowest BCUT2D eigenvalue weighted by Gasteiger charge is -2.44. The number of hydrogen-bond acceptors (Lipinski definition) is 5. The first-order valence-corrected chi connectivity index (χ1v) is 12.6. The molecule has 1 aliphatic rings. The molecule has 200 valence electrons. The van der Waals surface area contributed by atoms with Gasteiger partial charge in [-0.05, 0) is 61.6 Å². The third-order valence-electron chi connectivity index (χ3n) is 6.86. The van der Waals surface area contributed by atoms with Crippen molar-refractivity contribution in [3.63, 3.8) is 0 Å². The van der Waals surface area contributed by atoms with Gasteiger partial charge in [0.25, 0.3) is 11.8 Å². The lowest BCUT2D eigenvalue weighted by atomic mass is 9.85. The molecule has 0 aliphatic carbocycles. The standard InChI is InChI=1S/C30H33FN2O5/c1-4-38-25-15-23(31)13-14-24(25)20-11-9-19(10-12-20)17-32-28(36)26(34)27(35)29(37)33-18-22-8-6-5-7-21(22)16-30(33,2)3/h5-15,26-27,34-35H,4,16-18H2,1-3H3,(H,32,36)/t26-,27?/m1/s1. The van der Waals surface area contributed by atoms with Gasteiger partial charge in [0.2, 0.25) is 0 Å². The molecule has 2 atom stereocenters. The molecule has 1 unspecified atom stereocenters. The molecular formula is C30H33FN2O5. The van der Waals surface area contributed by atoms with Gasteiger partial charge in [-0.1, -0.05) is 48.5 Å². The summed E-state index contributed by atoms with van der Waals surface area (Å²) in [5.41, 5.74) is 3.82. The average molecular weight is 521 g/mol. The molecule has 0 fully saturated rings. The SMILES string of the molecule is CCOc1cc(F)ccc1-c1ccc(CNC(=O)[C@H](O)C(O)C(=O)N2Cc3ccccc3CC2(C)C)cc1. The van der Waals surface area contributed by atoms with Crippen LogP contribution in [0, 0.1) is 5.82 Å². The first-order chi connectivity index (χ1) is 18.1. The first kappa shape index (κ1) is 27.3. The number of carbonyl (C=O) groups excluding carboxylic acids is 2. The fourth-order valence-corrected chi connectivity index (χ4v) is 4.75. The number of nitrogens with zero attached hydrogens (tertiary/aromatic N) is 1. The van der Waals surface area contributed by atoms with E-state index in [-0.39, 0.29) is 12.4 Å². The van der Waals surface area contributed by atoms with Crippen molar-refractivity contribution in [3.8, 4) is 16.9 Å². The van der Waals surface area contributed by atoms with E-state index in [0.717, 1.165) is 27.8 Å². The highest BCUT2D eigenvalue weighted by Gasteiger charge is 2.41. The monoisotopic (exact) mass is 520 g/mol. The fourth-order valence-electron chi connectivity index (χ4n) is 4.75. The molecular weight excluding hydrogens is 487 g/mol. The van der Waals surface area contributed by atoms with Gasteiger partial charge in [-0.15, -0.1) is 0 Å². The second-order valence-electron chi connectivity index (χ2n) is 10.1. The second-order valence-corrected chi connectivity index (χ2v) is 10.1. The van der Waals surface area contributed by atoms with E-state index in [9.17, 15) is 24.2 Å². The summed E-state index contributed by atoms with van der Waals surface area (Å²) in [6.07, 6.45) is -3.20. The molecule has 2 amide bonds. The lowest BCUT2D eigenvalue weighted by Crippen LogP contribution is -2.58. The third kappa shape index (κ3) is 5.87. The topological polar surface area (TPSA) is 99.1 Å². The van der Waals surface area contributed by atoms with E-state index in [4.69, 9.17) is 4.74 Å². The van der Waals surface area contributed by atoms with E-state index in [0.29, 0.717) is 25.3 Å². The summed E-state index contributed by atoms with van der Waals surface area (Å²) in [6, 6.07) is 19.4. The maximum atomic E-state index is 13.6. The Morgan fingerprint density at radius 3 is 2.39 bits per heavy atom. The molecule has 0 spiro atoms. The van der Waals surface area contributed by atoms with Gasteiger partial charge in [0.15, 0.2) is 12.2 Å². The van der Waals surface area contributed by atoms with Crippen molar-refractivity contribution in [1.29, 1.82) is 0 Å². The van der Waals surface area contributed by atoms with E-state index in [2.05, 4.69) is 5.32 Å². The number of hydrogen-bond donors (Lipinski definition) is 3. The Morgan fingerprint density at radius 1 is 1.03 bits per heavy atom. The van der Waals surface area contributed by atoms with Gasteiger partial charge in [0.1, 0.15) is 11.6 Å². The molecule has 0 saturated carbocycles. The number of ether oxygens (including phenoxy) is 1. The molecule has 0 saturated heterocycles. The van der Waals surface area contributed by atoms with Crippen molar-refractivity contribution in [1.82, 2.24) is 10.2 Å². The number of aliphatic hydroxyl groups is 2. The molecule has 1 aliphatic heterocycles. The second kappa shape index (κ2) is 11.3. The average Bonchev–Trinajstić information content (AvgIpc) is 2.90. The minimum Gasteiger partial charge on any atom is -0.493 e. The van der Waals surface area contributed by atoms with E-state index in [1.165, 1.54) is 17.0 Å². The van der Waals surface area contributed by atoms with Crippen LogP contribution in [0.15, 0.2) is 66.7 Å². The Hall–Kier alpha value is -3.75. The Labute approximate surface area is 221 Å². The Balaban J connectivity index is 1.37. The van der Waals surface area contributed by atoms with Crippen molar-refractivity contribution < 1.29 is 28.9 Å². The summed E-state index contributed by atoms with van der Waals surface area (Å²) in [5, 5.41) is 23.6. The zero-order valence-electron chi connectivity index (χ0n) is 21.8. The van der Waals surface area contributed by atoms with Crippen LogP contribution in [0.3, 0.4) is 0 Å². The van der Waals surface area contributed by atoms with Crippen LogP contribution >= 0.6 is 0 Å². The van der Waals surface area contributed by atoms with Crippen LogP contribution in [-0.2, 0) is 29.1 Å². The number of carbonyl (C=O) groups is 2. The Morgan fingerprint density at radius 2 is 1.71 bits per heavy atom. The maximum Gasteiger partial charge on any atom is 0.255 e. The number of fused-ring (bicyclic) bond motifs is 1. The van der Waals surface area contributed by atoms with Crippen LogP contribution < -0.4 is 10.1 Å². The van der Waals surface area contributed by atoms with Gasteiger partial charge in [-0.2, -0.15) is 0 Å². The normalized spacial score (nSPS) is 15.8. The summed E-state index contributed by atoms with van der Waals surface area (Å²) in [6.45, 7) is 6.39. The summed E-state index contributed by atoms with van der Waals surface area (Å²) >= 11 is 0. The maximum absolute atomic E-state index is 13.6. The smallest absolute Gasteiger partial charge is 0.255 e. The van der Waals surface area contributed by atoms with Crippen LogP contribution in [0.25, 0.3) is 11.1 Å². The highest BCUT2D eigenvalue weighted by molar-refractivity contribution is 5.91. The van der Waals surface area contributed by atoms with Crippen molar-refractivity contribution in [2.75, 3.05) is 6.61 Å². The number of benzene rings is 3. The van der Waals surface area contributed by atoms with Crippen LogP contribution in [0.4, 0.5) is 4.39 Å². The van der Waals surface area contributed by atoms with Crippen molar-refractivity contribution in [2.45, 2.75) is 58.0 Å². The highest BCUT2D eigenvalue weighted by atomic mass is 19.1. The molecule has 1 heterocycles. The molecule has 7 nitrogen and oxygen atoms in total.